The van der Waals surface area contributed by atoms with Crippen LogP contribution in [0.4, 0.5) is 5.69 Å². The van der Waals surface area contributed by atoms with E-state index in [0.717, 1.165) is 56.2 Å². The van der Waals surface area contributed by atoms with Crippen molar-refractivity contribution < 1.29 is 14.7 Å². The highest BCUT2D eigenvalue weighted by Gasteiger charge is 2.55. The summed E-state index contributed by atoms with van der Waals surface area (Å²) in [5, 5.41) is 14.4. The van der Waals surface area contributed by atoms with E-state index in [2.05, 4.69) is 66.4 Å². The van der Waals surface area contributed by atoms with Crippen molar-refractivity contribution in [1.29, 1.82) is 0 Å². The van der Waals surface area contributed by atoms with E-state index in [4.69, 9.17) is 0 Å². The standard InChI is InChI=1S/C42H57NO3/c1-26-11-9-13-36-39(26,5)19-17-28(3)41(36,7)24-30-21-32(15-16-35(30)45)43-34-23-33(44)22-31(38(34)46)25-42(8)29(4)18-20-40(6)27(2)12-10-14-37(40)42/h11,15-16,21-23,28-29,36-37,43,45H,2,9-10,12-14,17-20,24-25H2,1,3-8H3. The average Bonchev–Trinajstić information content (AvgIpc) is 3.00. The first-order valence-corrected chi connectivity index (χ1v) is 18.1. The lowest BCUT2D eigenvalue weighted by Gasteiger charge is -2.59. The Kier molecular flexibility index (Phi) is 8.38. The van der Waals surface area contributed by atoms with Gasteiger partial charge in [0.2, 0.25) is 5.78 Å². The number of Topliss-reactive ketones (excluding diaryl/α,β-unsaturated/α-hetero) is 1. The van der Waals surface area contributed by atoms with Gasteiger partial charge in [0.05, 0.1) is 5.70 Å². The van der Waals surface area contributed by atoms with E-state index in [1.165, 1.54) is 36.5 Å². The van der Waals surface area contributed by atoms with Gasteiger partial charge in [-0.25, -0.2) is 0 Å². The SMILES string of the molecule is C=C1CCCC2C1(C)CCC(C)C2(C)CC1=CC(=O)C=C(Nc2ccc(O)c(CC3(C)C(C)CCC4(C)C(C)=CCCC43)c2)C1=O. The van der Waals surface area contributed by atoms with Crippen molar-refractivity contribution in [2.45, 2.75) is 119 Å². The van der Waals surface area contributed by atoms with Gasteiger partial charge in [-0.05, 0) is 153 Å². The van der Waals surface area contributed by atoms with Crippen molar-refractivity contribution in [3.8, 4) is 5.75 Å². The van der Waals surface area contributed by atoms with Crippen LogP contribution in [0.15, 0.2) is 65.4 Å². The first kappa shape index (κ1) is 33.0. The van der Waals surface area contributed by atoms with Crippen LogP contribution in [0, 0.1) is 45.3 Å². The number of anilines is 1. The summed E-state index contributed by atoms with van der Waals surface area (Å²) >= 11 is 0. The van der Waals surface area contributed by atoms with Crippen LogP contribution >= 0.6 is 0 Å². The lowest BCUT2D eigenvalue weighted by atomic mass is 9.46. The molecule has 5 aliphatic rings. The van der Waals surface area contributed by atoms with Crippen molar-refractivity contribution in [2.75, 3.05) is 5.32 Å². The second kappa shape index (κ2) is 11.7. The summed E-state index contributed by atoms with van der Waals surface area (Å²) in [4.78, 5) is 27.2. The Bertz CT molecular complexity index is 1550. The Morgan fingerprint density at radius 1 is 0.891 bits per heavy atom. The molecule has 0 saturated heterocycles. The molecule has 5 aliphatic carbocycles. The highest BCUT2D eigenvalue weighted by molar-refractivity contribution is 6.21. The number of nitrogens with one attached hydrogen (secondary N) is 1. The van der Waals surface area contributed by atoms with Crippen molar-refractivity contribution in [2.24, 2.45) is 45.3 Å². The summed E-state index contributed by atoms with van der Waals surface area (Å²) in [6.07, 6.45) is 17.2. The van der Waals surface area contributed by atoms with Gasteiger partial charge in [-0.15, -0.1) is 0 Å². The van der Waals surface area contributed by atoms with E-state index >= 15 is 0 Å². The molecule has 8 unspecified atom stereocenters. The molecular weight excluding hydrogens is 566 g/mol. The molecule has 1 aromatic carbocycles. The maximum atomic E-state index is 14.1. The molecule has 8 atom stereocenters. The van der Waals surface area contributed by atoms with E-state index in [9.17, 15) is 14.7 Å². The van der Waals surface area contributed by atoms with E-state index in [1.807, 2.05) is 12.1 Å². The summed E-state index contributed by atoms with van der Waals surface area (Å²) in [7, 11) is 0. The third-order valence-corrected chi connectivity index (χ3v) is 14.8. The number of allylic oxidation sites excluding steroid dienone is 6. The molecule has 0 radical (unpaired) electrons. The normalized spacial score (nSPS) is 39.5. The molecule has 0 amide bonds. The number of carbonyl (C=O) groups is 2. The number of hydrogen-bond acceptors (Lipinski definition) is 4. The summed E-state index contributed by atoms with van der Waals surface area (Å²) in [5.74, 6) is 2.06. The predicted molar refractivity (Wildman–Crippen MR) is 188 cm³/mol. The lowest BCUT2D eigenvalue weighted by Crippen LogP contribution is -2.50. The van der Waals surface area contributed by atoms with Gasteiger partial charge in [-0.3, -0.25) is 9.59 Å². The molecule has 1 aromatic rings. The Labute approximate surface area is 277 Å². The third kappa shape index (κ3) is 5.27. The number of carbonyl (C=O) groups excluding carboxylic acids is 2. The van der Waals surface area contributed by atoms with Crippen LogP contribution < -0.4 is 5.32 Å². The van der Waals surface area contributed by atoms with Crippen LogP contribution in [0.3, 0.4) is 0 Å². The minimum atomic E-state index is -0.137. The zero-order valence-corrected chi connectivity index (χ0v) is 29.5. The van der Waals surface area contributed by atoms with E-state index < -0.39 is 0 Å². The summed E-state index contributed by atoms with van der Waals surface area (Å²) in [6, 6.07) is 5.57. The average molecular weight is 624 g/mol. The van der Waals surface area contributed by atoms with E-state index in [0.29, 0.717) is 47.1 Å². The Hall–Kier alpha value is -2.88. The molecule has 248 valence electrons. The minimum Gasteiger partial charge on any atom is -0.508 e. The first-order chi connectivity index (χ1) is 21.6. The fourth-order valence-corrected chi connectivity index (χ4v) is 11.1. The molecular formula is C42H57NO3. The molecule has 0 bridgehead atoms. The monoisotopic (exact) mass is 623 g/mol. The summed E-state index contributed by atoms with van der Waals surface area (Å²) in [5.41, 5.74) is 5.73. The summed E-state index contributed by atoms with van der Waals surface area (Å²) in [6.45, 7) is 21.2. The molecule has 0 aliphatic heterocycles. The number of phenols is 1. The number of fused-ring (bicyclic) bond motifs is 2. The summed E-state index contributed by atoms with van der Waals surface area (Å²) < 4.78 is 0. The zero-order chi connectivity index (χ0) is 33.2. The van der Waals surface area contributed by atoms with Gasteiger partial charge in [-0.1, -0.05) is 65.3 Å². The van der Waals surface area contributed by atoms with Crippen LogP contribution in [-0.2, 0) is 16.0 Å². The molecule has 3 saturated carbocycles. The Balaban J connectivity index is 1.23. The van der Waals surface area contributed by atoms with Crippen molar-refractivity contribution in [3.05, 3.63) is 71.0 Å². The fourth-order valence-electron chi connectivity index (χ4n) is 11.1. The first-order valence-electron chi connectivity index (χ1n) is 18.1. The van der Waals surface area contributed by atoms with Crippen LogP contribution in [0.5, 0.6) is 5.75 Å². The van der Waals surface area contributed by atoms with Crippen molar-refractivity contribution >= 4 is 17.3 Å². The number of benzene rings is 1. The van der Waals surface area contributed by atoms with Crippen LogP contribution in [-0.4, -0.2) is 16.7 Å². The molecule has 4 nitrogen and oxygen atoms in total. The molecule has 2 N–H and O–H groups in total. The van der Waals surface area contributed by atoms with E-state index in [-0.39, 0.29) is 33.2 Å². The van der Waals surface area contributed by atoms with Crippen molar-refractivity contribution in [1.82, 2.24) is 0 Å². The number of hydrogen-bond donors (Lipinski definition) is 2. The van der Waals surface area contributed by atoms with Gasteiger partial charge in [-0.2, -0.15) is 0 Å². The van der Waals surface area contributed by atoms with E-state index in [1.54, 1.807) is 12.1 Å². The quantitative estimate of drug-likeness (QED) is 0.188. The fraction of sp³-hybridized carbons (Fsp3) is 0.619. The molecule has 0 heterocycles. The molecule has 3 fully saturated rings. The van der Waals surface area contributed by atoms with Gasteiger partial charge in [0.25, 0.3) is 0 Å². The molecule has 0 aromatic heterocycles. The molecule has 0 spiro atoms. The molecule has 6 rings (SSSR count). The molecule has 46 heavy (non-hydrogen) atoms. The van der Waals surface area contributed by atoms with Gasteiger partial charge < -0.3 is 10.4 Å². The zero-order valence-electron chi connectivity index (χ0n) is 29.5. The highest BCUT2D eigenvalue weighted by Crippen LogP contribution is 2.64. The highest BCUT2D eigenvalue weighted by atomic mass is 16.3. The van der Waals surface area contributed by atoms with Crippen LogP contribution in [0.1, 0.15) is 118 Å². The maximum Gasteiger partial charge on any atom is 0.205 e. The second-order valence-corrected chi connectivity index (χ2v) is 17.1. The minimum absolute atomic E-state index is 0.0372. The number of aromatic hydroxyl groups is 1. The largest absolute Gasteiger partial charge is 0.508 e. The lowest BCUT2D eigenvalue weighted by molar-refractivity contribution is -0.116. The smallest absolute Gasteiger partial charge is 0.205 e. The maximum absolute atomic E-state index is 14.1. The van der Waals surface area contributed by atoms with Gasteiger partial charge >= 0.3 is 0 Å². The Morgan fingerprint density at radius 3 is 2.26 bits per heavy atom. The number of ketones is 2. The third-order valence-electron chi connectivity index (χ3n) is 14.8. The van der Waals surface area contributed by atoms with Crippen LogP contribution in [0.2, 0.25) is 0 Å². The molecule has 4 heteroatoms. The Morgan fingerprint density at radius 2 is 1.54 bits per heavy atom. The van der Waals surface area contributed by atoms with Gasteiger partial charge in [0.1, 0.15) is 5.75 Å². The topological polar surface area (TPSA) is 66.4 Å². The van der Waals surface area contributed by atoms with Gasteiger partial charge in [0.15, 0.2) is 5.78 Å². The van der Waals surface area contributed by atoms with Crippen molar-refractivity contribution in [3.63, 3.8) is 0 Å². The predicted octanol–water partition coefficient (Wildman–Crippen LogP) is 10.3. The number of rotatable bonds is 6. The number of phenolic OH excluding ortho intramolecular Hbond substituents is 1. The second-order valence-electron chi connectivity index (χ2n) is 17.1. The van der Waals surface area contributed by atoms with Crippen LogP contribution in [0.25, 0.3) is 0 Å². The van der Waals surface area contributed by atoms with Gasteiger partial charge in [0, 0.05) is 17.3 Å².